The van der Waals surface area contributed by atoms with Gasteiger partial charge in [0.05, 0.1) is 4.90 Å². The van der Waals surface area contributed by atoms with Crippen LogP contribution in [0.15, 0.2) is 29.2 Å². The van der Waals surface area contributed by atoms with Gasteiger partial charge in [0, 0.05) is 38.9 Å². The fourth-order valence-corrected chi connectivity index (χ4v) is 3.14. The van der Waals surface area contributed by atoms with E-state index in [0.29, 0.717) is 11.3 Å². The SMILES string of the molecule is CS(=O)(=O)c1cccc(CCCC(=O)N2CCNCC2)c1. The van der Waals surface area contributed by atoms with Crippen molar-refractivity contribution >= 4 is 15.7 Å². The molecule has 1 saturated heterocycles. The molecule has 1 heterocycles. The number of rotatable bonds is 5. The largest absolute Gasteiger partial charge is 0.340 e. The Bertz CT molecular complexity index is 593. The van der Waals surface area contributed by atoms with Crippen molar-refractivity contribution < 1.29 is 13.2 Å². The predicted octanol–water partition coefficient (Wildman–Crippen LogP) is 0.845. The number of hydrogen-bond donors (Lipinski definition) is 1. The topological polar surface area (TPSA) is 66.5 Å². The van der Waals surface area contributed by atoms with Gasteiger partial charge in [-0.05, 0) is 30.5 Å². The van der Waals surface area contributed by atoms with Crippen molar-refractivity contribution in [2.75, 3.05) is 32.4 Å². The highest BCUT2D eigenvalue weighted by Gasteiger charge is 2.15. The third-order valence-electron chi connectivity index (χ3n) is 3.65. The van der Waals surface area contributed by atoms with E-state index in [2.05, 4.69) is 5.32 Å². The zero-order valence-electron chi connectivity index (χ0n) is 12.3. The first-order chi connectivity index (χ1) is 9.97. The number of hydrogen-bond acceptors (Lipinski definition) is 4. The fourth-order valence-electron chi connectivity index (χ4n) is 2.45. The highest BCUT2D eigenvalue weighted by atomic mass is 32.2. The Morgan fingerprint density at radius 1 is 1.29 bits per heavy atom. The minimum atomic E-state index is -3.17. The van der Waals surface area contributed by atoms with Gasteiger partial charge in [-0.15, -0.1) is 0 Å². The summed E-state index contributed by atoms with van der Waals surface area (Å²) in [5.74, 6) is 0.191. The first-order valence-electron chi connectivity index (χ1n) is 7.24. The number of aryl methyl sites for hydroxylation is 1. The fraction of sp³-hybridized carbons (Fsp3) is 0.533. The van der Waals surface area contributed by atoms with Crippen LogP contribution in [-0.4, -0.2) is 51.7 Å². The zero-order chi connectivity index (χ0) is 15.3. The number of carbonyl (C=O) groups excluding carboxylic acids is 1. The summed E-state index contributed by atoms with van der Waals surface area (Å²) < 4.78 is 23.0. The number of nitrogens with one attached hydrogen (secondary N) is 1. The number of piperazine rings is 1. The van der Waals surface area contributed by atoms with Gasteiger partial charge in [-0.2, -0.15) is 0 Å². The maximum absolute atomic E-state index is 12.0. The first-order valence-corrected chi connectivity index (χ1v) is 9.13. The Balaban J connectivity index is 1.84. The van der Waals surface area contributed by atoms with E-state index in [0.717, 1.165) is 44.6 Å². The van der Waals surface area contributed by atoms with Gasteiger partial charge in [0.1, 0.15) is 0 Å². The molecule has 0 aliphatic carbocycles. The van der Waals surface area contributed by atoms with Crippen molar-refractivity contribution in [2.45, 2.75) is 24.2 Å². The Labute approximate surface area is 126 Å². The van der Waals surface area contributed by atoms with Gasteiger partial charge < -0.3 is 10.2 Å². The summed E-state index contributed by atoms with van der Waals surface area (Å²) >= 11 is 0. The predicted molar refractivity (Wildman–Crippen MR) is 81.9 cm³/mol. The molecule has 1 aliphatic rings. The van der Waals surface area contributed by atoms with Crippen LogP contribution in [-0.2, 0) is 21.1 Å². The molecule has 116 valence electrons. The molecule has 0 bridgehead atoms. The lowest BCUT2D eigenvalue weighted by Gasteiger charge is -2.27. The van der Waals surface area contributed by atoms with Crippen molar-refractivity contribution in [3.8, 4) is 0 Å². The van der Waals surface area contributed by atoms with E-state index in [1.807, 2.05) is 11.0 Å². The Hall–Kier alpha value is -1.40. The van der Waals surface area contributed by atoms with Crippen molar-refractivity contribution in [1.29, 1.82) is 0 Å². The first kappa shape index (κ1) is 16.0. The van der Waals surface area contributed by atoms with Crippen molar-refractivity contribution in [2.24, 2.45) is 0 Å². The second-order valence-corrected chi connectivity index (χ2v) is 7.42. The molecule has 1 N–H and O–H groups in total. The zero-order valence-corrected chi connectivity index (χ0v) is 13.2. The average molecular weight is 310 g/mol. The van der Waals surface area contributed by atoms with Crippen LogP contribution < -0.4 is 5.32 Å². The lowest BCUT2D eigenvalue weighted by Crippen LogP contribution is -2.46. The van der Waals surface area contributed by atoms with Gasteiger partial charge >= 0.3 is 0 Å². The van der Waals surface area contributed by atoms with Gasteiger partial charge in [-0.25, -0.2) is 8.42 Å². The molecule has 1 fully saturated rings. The maximum Gasteiger partial charge on any atom is 0.222 e. The molecule has 0 spiro atoms. The summed E-state index contributed by atoms with van der Waals surface area (Å²) in [7, 11) is -3.17. The minimum Gasteiger partial charge on any atom is -0.340 e. The molecule has 1 amide bonds. The van der Waals surface area contributed by atoms with Gasteiger partial charge in [-0.3, -0.25) is 4.79 Å². The molecule has 0 atom stereocenters. The van der Waals surface area contributed by atoms with Crippen LogP contribution in [0.4, 0.5) is 0 Å². The second kappa shape index (κ2) is 7.04. The quantitative estimate of drug-likeness (QED) is 0.875. The lowest BCUT2D eigenvalue weighted by atomic mass is 10.1. The standard InChI is InChI=1S/C15H22N2O3S/c1-21(19,20)14-6-2-4-13(12-14)5-3-7-15(18)17-10-8-16-9-11-17/h2,4,6,12,16H,3,5,7-11H2,1H3. The maximum atomic E-state index is 12.0. The molecule has 1 aromatic rings. The highest BCUT2D eigenvalue weighted by Crippen LogP contribution is 2.14. The Morgan fingerprint density at radius 3 is 2.67 bits per heavy atom. The van der Waals surface area contributed by atoms with Crippen LogP contribution >= 0.6 is 0 Å². The number of carbonyl (C=O) groups is 1. The van der Waals surface area contributed by atoms with Crippen LogP contribution in [0, 0.1) is 0 Å². The number of amides is 1. The van der Waals surface area contributed by atoms with Crippen LogP contribution in [0.1, 0.15) is 18.4 Å². The molecule has 0 radical (unpaired) electrons. The summed E-state index contributed by atoms with van der Waals surface area (Å²) in [6.45, 7) is 3.29. The molecule has 1 aromatic carbocycles. The van der Waals surface area contributed by atoms with E-state index in [1.54, 1.807) is 18.2 Å². The van der Waals surface area contributed by atoms with Crippen molar-refractivity contribution in [1.82, 2.24) is 10.2 Å². The minimum absolute atomic E-state index is 0.191. The van der Waals surface area contributed by atoms with Crippen LogP contribution in [0.5, 0.6) is 0 Å². The molecule has 0 unspecified atom stereocenters. The van der Waals surface area contributed by atoms with E-state index in [9.17, 15) is 13.2 Å². The molecular formula is C15H22N2O3S. The van der Waals surface area contributed by atoms with E-state index < -0.39 is 9.84 Å². The van der Waals surface area contributed by atoms with E-state index in [4.69, 9.17) is 0 Å². The van der Waals surface area contributed by atoms with E-state index >= 15 is 0 Å². The summed E-state index contributed by atoms with van der Waals surface area (Å²) in [5, 5.41) is 3.22. The summed E-state index contributed by atoms with van der Waals surface area (Å²) in [4.78, 5) is 14.3. The second-order valence-electron chi connectivity index (χ2n) is 5.40. The van der Waals surface area contributed by atoms with Crippen LogP contribution in [0.3, 0.4) is 0 Å². The van der Waals surface area contributed by atoms with E-state index in [-0.39, 0.29) is 5.91 Å². The molecule has 21 heavy (non-hydrogen) atoms. The van der Waals surface area contributed by atoms with Gasteiger partial charge in [0.25, 0.3) is 0 Å². The van der Waals surface area contributed by atoms with Gasteiger partial charge in [-0.1, -0.05) is 12.1 Å². The third-order valence-corrected chi connectivity index (χ3v) is 4.76. The number of sulfone groups is 1. The Kier molecular flexibility index (Phi) is 5.36. The number of nitrogens with zero attached hydrogens (tertiary/aromatic N) is 1. The number of benzene rings is 1. The molecule has 0 aromatic heterocycles. The highest BCUT2D eigenvalue weighted by molar-refractivity contribution is 7.90. The van der Waals surface area contributed by atoms with Gasteiger partial charge in [0.2, 0.25) is 5.91 Å². The smallest absolute Gasteiger partial charge is 0.222 e. The van der Waals surface area contributed by atoms with Crippen molar-refractivity contribution in [3.05, 3.63) is 29.8 Å². The summed E-state index contributed by atoms with van der Waals surface area (Å²) in [5.41, 5.74) is 0.964. The molecule has 1 aliphatic heterocycles. The Morgan fingerprint density at radius 2 is 2.00 bits per heavy atom. The third kappa shape index (κ3) is 4.82. The molecule has 2 rings (SSSR count). The molecule has 0 saturated carbocycles. The van der Waals surface area contributed by atoms with Crippen LogP contribution in [0.2, 0.25) is 0 Å². The normalized spacial score (nSPS) is 16.0. The van der Waals surface area contributed by atoms with Crippen LogP contribution in [0.25, 0.3) is 0 Å². The molecule has 5 nitrogen and oxygen atoms in total. The van der Waals surface area contributed by atoms with E-state index in [1.165, 1.54) is 6.26 Å². The van der Waals surface area contributed by atoms with Gasteiger partial charge in [0.15, 0.2) is 9.84 Å². The van der Waals surface area contributed by atoms with Crippen molar-refractivity contribution in [3.63, 3.8) is 0 Å². The lowest BCUT2D eigenvalue weighted by molar-refractivity contribution is -0.131. The monoisotopic (exact) mass is 310 g/mol. The average Bonchev–Trinajstić information content (AvgIpc) is 2.47. The summed E-state index contributed by atoms with van der Waals surface area (Å²) in [6.07, 6.45) is 3.19. The molecular weight excluding hydrogens is 288 g/mol. The molecule has 6 heteroatoms. The summed E-state index contributed by atoms with van der Waals surface area (Å²) in [6, 6.07) is 6.96.